The Morgan fingerprint density at radius 3 is 2.15 bits per heavy atom. The van der Waals surface area contributed by atoms with Gasteiger partial charge in [0.15, 0.2) is 5.96 Å². The zero-order chi connectivity index (χ0) is 22.1. The van der Waals surface area contributed by atoms with E-state index in [-0.39, 0.29) is 29.5 Å². The lowest BCUT2D eigenvalue weighted by Crippen LogP contribution is -2.58. The molecular formula is C25H48IN5O2. The van der Waals surface area contributed by atoms with Crippen LogP contribution in [-0.4, -0.2) is 100 Å². The Balaban J connectivity index is 0.00000306. The molecule has 2 N–H and O–H groups in total. The summed E-state index contributed by atoms with van der Waals surface area (Å²) in [5.74, 6) is 1.00. The van der Waals surface area contributed by atoms with E-state index in [9.17, 15) is 0 Å². The highest BCUT2D eigenvalue weighted by atomic mass is 127. The van der Waals surface area contributed by atoms with E-state index in [0.717, 1.165) is 78.0 Å². The molecule has 4 fully saturated rings. The summed E-state index contributed by atoms with van der Waals surface area (Å²) in [5, 5.41) is 7.32. The summed E-state index contributed by atoms with van der Waals surface area (Å²) in [6, 6.07) is 0. The predicted molar refractivity (Wildman–Crippen MR) is 146 cm³/mol. The van der Waals surface area contributed by atoms with Crippen molar-refractivity contribution in [3.63, 3.8) is 0 Å². The molecule has 192 valence electrons. The summed E-state index contributed by atoms with van der Waals surface area (Å²) >= 11 is 0. The normalized spacial score (nSPS) is 26.5. The van der Waals surface area contributed by atoms with Gasteiger partial charge in [-0.25, -0.2) is 0 Å². The highest BCUT2D eigenvalue weighted by Crippen LogP contribution is 2.38. The van der Waals surface area contributed by atoms with Crippen molar-refractivity contribution in [2.24, 2.45) is 10.4 Å². The number of nitrogens with one attached hydrogen (secondary N) is 2. The second-order valence-corrected chi connectivity index (χ2v) is 10.5. The molecule has 3 heterocycles. The van der Waals surface area contributed by atoms with Gasteiger partial charge in [-0.15, -0.1) is 24.0 Å². The van der Waals surface area contributed by atoms with E-state index >= 15 is 0 Å². The van der Waals surface area contributed by atoms with Gasteiger partial charge in [0.05, 0.1) is 13.2 Å². The lowest BCUT2D eigenvalue weighted by molar-refractivity contribution is -0.0164. The Morgan fingerprint density at radius 1 is 0.818 bits per heavy atom. The van der Waals surface area contributed by atoms with Crippen LogP contribution in [0.3, 0.4) is 0 Å². The first-order valence-corrected chi connectivity index (χ1v) is 13.4. The molecule has 0 aromatic rings. The molecule has 3 saturated heterocycles. The quantitative estimate of drug-likeness (QED) is 0.263. The second-order valence-electron chi connectivity index (χ2n) is 10.5. The van der Waals surface area contributed by atoms with Crippen LogP contribution < -0.4 is 10.6 Å². The van der Waals surface area contributed by atoms with Crippen LogP contribution in [0.1, 0.15) is 64.7 Å². The minimum Gasteiger partial charge on any atom is -0.381 e. The number of ether oxygens (including phenoxy) is 2. The molecule has 0 aromatic heterocycles. The molecule has 1 saturated carbocycles. The maximum atomic E-state index is 5.74. The lowest BCUT2D eigenvalue weighted by Gasteiger charge is -2.45. The zero-order valence-corrected chi connectivity index (χ0v) is 23.2. The molecule has 0 amide bonds. The number of guanidine groups is 1. The van der Waals surface area contributed by atoms with Gasteiger partial charge in [-0.1, -0.05) is 19.3 Å². The molecule has 0 atom stereocenters. The number of likely N-dealkylation sites (tertiary alicyclic amines) is 1. The number of morpholine rings is 1. The average molecular weight is 578 g/mol. The van der Waals surface area contributed by atoms with Gasteiger partial charge < -0.3 is 20.1 Å². The maximum Gasteiger partial charge on any atom is 0.191 e. The standard InChI is InChI=1S/C25H47N5O2.HI/c1-2-26-23(28-21-25(10-16-31-17-11-25)30-12-6-7-13-30)27-20-24(8-4-3-5-9-24)22-29-14-18-32-19-15-29;/h2-22H2,1H3,(H2,26,27,28);1H. The Bertz CT molecular complexity index is 581. The number of aliphatic imine (C=N–C) groups is 1. The molecular weight excluding hydrogens is 529 g/mol. The molecule has 4 aliphatic rings. The fraction of sp³-hybridized carbons (Fsp3) is 0.960. The molecule has 8 heteroatoms. The maximum absolute atomic E-state index is 5.74. The SMILES string of the molecule is CCNC(=NCC1(CN2CCOCC2)CCCCC1)NCC1(N2CCCC2)CCOCC1.I. The van der Waals surface area contributed by atoms with Crippen molar-refractivity contribution in [3.8, 4) is 0 Å². The summed E-state index contributed by atoms with van der Waals surface area (Å²) in [5.41, 5.74) is 0.546. The van der Waals surface area contributed by atoms with Gasteiger partial charge in [-0.3, -0.25) is 14.8 Å². The molecule has 0 spiro atoms. The minimum atomic E-state index is 0. The highest BCUT2D eigenvalue weighted by Gasteiger charge is 2.40. The van der Waals surface area contributed by atoms with Crippen molar-refractivity contribution < 1.29 is 9.47 Å². The average Bonchev–Trinajstić information content (AvgIpc) is 3.39. The fourth-order valence-electron chi connectivity index (χ4n) is 6.29. The van der Waals surface area contributed by atoms with Crippen LogP contribution in [0.5, 0.6) is 0 Å². The highest BCUT2D eigenvalue weighted by molar-refractivity contribution is 14.0. The zero-order valence-electron chi connectivity index (χ0n) is 20.9. The number of hydrogen-bond acceptors (Lipinski definition) is 5. The van der Waals surface area contributed by atoms with Crippen LogP contribution in [0, 0.1) is 5.41 Å². The summed E-state index contributed by atoms with van der Waals surface area (Å²) in [6.45, 7) is 14.3. The molecule has 1 aliphatic carbocycles. The number of nitrogens with zero attached hydrogens (tertiary/aromatic N) is 3. The molecule has 7 nitrogen and oxygen atoms in total. The summed E-state index contributed by atoms with van der Waals surface area (Å²) in [4.78, 5) is 10.6. The van der Waals surface area contributed by atoms with Gasteiger partial charge in [0.2, 0.25) is 0 Å². The minimum absolute atomic E-state index is 0. The van der Waals surface area contributed by atoms with Crippen LogP contribution >= 0.6 is 24.0 Å². The third-order valence-corrected chi connectivity index (χ3v) is 8.28. The van der Waals surface area contributed by atoms with E-state index in [1.165, 1.54) is 64.6 Å². The van der Waals surface area contributed by atoms with Crippen molar-refractivity contribution in [3.05, 3.63) is 0 Å². The molecule has 4 rings (SSSR count). The van der Waals surface area contributed by atoms with Gasteiger partial charge in [-0.2, -0.15) is 0 Å². The van der Waals surface area contributed by atoms with Crippen molar-refractivity contribution in [1.82, 2.24) is 20.4 Å². The Labute approximate surface area is 218 Å². The van der Waals surface area contributed by atoms with Crippen molar-refractivity contribution in [2.75, 3.05) is 78.8 Å². The monoisotopic (exact) mass is 577 g/mol. The largest absolute Gasteiger partial charge is 0.381 e. The fourth-order valence-corrected chi connectivity index (χ4v) is 6.29. The summed E-state index contributed by atoms with van der Waals surface area (Å²) < 4.78 is 11.3. The topological polar surface area (TPSA) is 61.4 Å². The predicted octanol–water partition coefficient (Wildman–Crippen LogP) is 3.09. The smallest absolute Gasteiger partial charge is 0.191 e. The van der Waals surface area contributed by atoms with E-state index in [1.807, 2.05) is 0 Å². The van der Waals surface area contributed by atoms with Crippen LogP contribution in [0.2, 0.25) is 0 Å². The van der Waals surface area contributed by atoms with E-state index in [1.54, 1.807) is 0 Å². The Hall–Kier alpha value is -0.160. The van der Waals surface area contributed by atoms with Crippen molar-refractivity contribution in [1.29, 1.82) is 0 Å². The van der Waals surface area contributed by atoms with Crippen LogP contribution in [0.25, 0.3) is 0 Å². The number of hydrogen-bond donors (Lipinski definition) is 2. The molecule has 33 heavy (non-hydrogen) atoms. The second kappa shape index (κ2) is 13.8. The molecule has 0 bridgehead atoms. The van der Waals surface area contributed by atoms with Crippen LogP contribution in [0.4, 0.5) is 0 Å². The summed E-state index contributed by atoms with van der Waals surface area (Å²) in [6.07, 6.45) is 11.6. The molecule has 0 radical (unpaired) electrons. The number of halogens is 1. The Kier molecular flexibility index (Phi) is 11.5. The molecule has 0 aromatic carbocycles. The first kappa shape index (κ1) is 27.4. The first-order chi connectivity index (χ1) is 15.7. The van der Waals surface area contributed by atoms with Gasteiger partial charge in [0.1, 0.15) is 0 Å². The van der Waals surface area contributed by atoms with Crippen molar-refractivity contribution in [2.45, 2.75) is 70.3 Å². The van der Waals surface area contributed by atoms with Crippen molar-refractivity contribution >= 4 is 29.9 Å². The van der Waals surface area contributed by atoms with Gasteiger partial charge in [-0.05, 0) is 58.5 Å². The van der Waals surface area contributed by atoms with E-state index in [2.05, 4.69) is 27.4 Å². The third-order valence-electron chi connectivity index (χ3n) is 8.28. The first-order valence-electron chi connectivity index (χ1n) is 13.4. The van der Waals surface area contributed by atoms with Crippen LogP contribution in [-0.2, 0) is 9.47 Å². The lowest BCUT2D eigenvalue weighted by atomic mass is 9.73. The van der Waals surface area contributed by atoms with E-state index in [4.69, 9.17) is 14.5 Å². The number of rotatable bonds is 8. The Morgan fingerprint density at radius 2 is 1.48 bits per heavy atom. The molecule has 0 unspecified atom stereocenters. The molecule has 3 aliphatic heterocycles. The van der Waals surface area contributed by atoms with Crippen LogP contribution in [0.15, 0.2) is 4.99 Å². The summed E-state index contributed by atoms with van der Waals surface area (Å²) in [7, 11) is 0. The van der Waals surface area contributed by atoms with E-state index < -0.39 is 0 Å². The van der Waals surface area contributed by atoms with Gasteiger partial charge in [0.25, 0.3) is 0 Å². The van der Waals surface area contributed by atoms with E-state index in [0.29, 0.717) is 5.41 Å². The third kappa shape index (κ3) is 7.66. The van der Waals surface area contributed by atoms with Gasteiger partial charge in [0, 0.05) is 63.4 Å². The van der Waals surface area contributed by atoms with Gasteiger partial charge >= 0.3 is 0 Å².